The number of benzene rings is 2. The molecule has 4 aliphatic heterocycles. The highest BCUT2D eigenvalue weighted by molar-refractivity contribution is 6.06. The van der Waals surface area contributed by atoms with E-state index >= 15 is 0 Å². The maximum absolute atomic E-state index is 14.4. The smallest absolute Gasteiger partial charge is 0.408 e. The van der Waals surface area contributed by atoms with Gasteiger partial charge in [0.25, 0.3) is 11.8 Å². The van der Waals surface area contributed by atoms with Crippen LogP contribution in [0.25, 0.3) is 11.0 Å². The molecule has 16 nitrogen and oxygen atoms in total. The minimum Gasteiger partial charge on any atom is -0.444 e. The Labute approximate surface area is 335 Å². The third kappa shape index (κ3) is 8.11. The molecule has 0 aliphatic carbocycles. The van der Waals surface area contributed by atoms with Gasteiger partial charge < -0.3 is 34.2 Å². The summed E-state index contributed by atoms with van der Waals surface area (Å²) in [6, 6.07) is 7.55. The average Bonchev–Trinajstić information content (AvgIpc) is 3.87. The second kappa shape index (κ2) is 16.0. The van der Waals surface area contributed by atoms with E-state index in [4.69, 9.17) is 9.26 Å². The summed E-state index contributed by atoms with van der Waals surface area (Å²) in [4.78, 5) is 99.0. The van der Waals surface area contributed by atoms with E-state index in [1.807, 2.05) is 19.1 Å². The van der Waals surface area contributed by atoms with Crippen LogP contribution in [-0.4, -0.2) is 123 Å². The fraction of sp³-hybridized carbons (Fsp3) is 0.476. The van der Waals surface area contributed by atoms with Crippen molar-refractivity contribution < 1.29 is 42.8 Å². The summed E-state index contributed by atoms with van der Waals surface area (Å²) in [6.45, 7) is 7.54. The van der Waals surface area contributed by atoms with Crippen molar-refractivity contribution in [2.24, 2.45) is 0 Å². The van der Waals surface area contributed by atoms with Gasteiger partial charge in [0.1, 0.15) is 23.7 Å². The molecular formula is C42H47N7O9. The first-order chi connectivity index (χ1) is 27.6. The largest absolute Gasteiger partial charge is 0.444 e. The quantitative estimate of drug-likeness (QED) is 0.277. The third-order valence-electron chi connectivity index (χ3n) is 11.0. The summed E-state index contributed by atoms with van der Waals surface area (Å²) in [7, 11) is 1.66. The topological polar surface area (TPSA) is 192 Å². The second-order valence-corrected chi connectivity index (χ2v) is 16.3. The molecule has 7 amide bonds. The average molecular weight is 794 g/mol. The van der Waals surface area contributed by atoms with E-state index in [-0.39, 0.29) is 68.5 Å². The summed E-state index contributed by atoms with van der Waals surface area (Å²) < 4.78 is 10.9. The van der Waals surface area contributed by atoms with Crippen LogP contribution in [0, 0.1) is 18.8 Å². The van der Waals surface area contributed by atoms with Crippen molar-refractivity contribution in [2.45, 2.75) is 103 Å². The lowest BCUT2D eigenvalue weighted by Gasteiger charge is -2.39. The van der Waals surface area contributed by atoms with Gasteiger partial charge in [-0.2, -0.15) is 0 Å². The van der Waals surface area contributed by atoms with Crippen LogP contribution in [0.5, 0.6) is 0 Å². The van der Waals surface area contributed by atoms with Crippen molar-refractivity contribution in [3.8, 4) is 11.8 Å². The zero-order valence-electron chi connectivity index (χ0n) is 33.3. The van der Waals surface area contributed by atoms with Gasteiger partial charge in [-0.15, -0.1) is 0 Å². The normalized spacial score (nSPS) is 22.1. The van der Waals surface area contributed by atoms with Crippen molar-refractivity contribution in [2.75, 3.05) is 26.7 Å². The minimum absolute atomic E-state index is 0.114. The van der Waals surface area contributed by atoms with Gasteiger partial charge in [-0.1, -0.05) is 34.7 Å². The van der Waals surface area contributed by atoms with Crippen LogP contribution >= 0.6 is 0 Å². The Hall–Kier alpha value is -6.24. The fourth-order valence-corrected chi connectivity index (χ4v) is 8.16. The zero-order chi connectivity index (χ0) is 41.5. The molecule has 2 aromatic carbocycles. The third-order valence-corrected chi connectivity index (χ3v) is 11.0. The predicted molar refractivity (Wildman–Crippen MR) is 208 cm³/mol. The molecule has 0 bridgehead atoms. The van der Waals surface area contributed by atoms with Gasteiger partial charge in [-0.25, -0.2) is 4.79 Å². The van der Waals surface area contributed by atoms with Gasteiger partial charge in [-0.3, -0.25) is 34.1 Å². The zero-order valence-corrected chi connectivity index (χ0v) is 33.3. The Bertz CT molecular complexity index is 2270. The first-order valence-corrected chi connectivity index (χ1v) is 19.6. The number of aromatic nitrogens is 1. The minimum atomic E-state index is -1.21. The highest BCUT2D eigenvalue weighted by Crippen LogP contribution is 2.32. The molecule has 1 aromatic heterocycles. The number of ether oxygens (including phenoxy) is 1. The van der Waals surface area contributed by atoms with E-state index in [0.29, 0.717) is 53.3 Å². The Morgan fingerprint density at radius 1 is 1.07 bits per heavy atom. The predicted octanol–water partition coefficient (Wildman–Crippen LogP) is 2.90. The number of nitrogens with one attached hydrogen (secondary N) is 2. The molecule has 3 aromatic rings. The molecule has 2 N–H and O–H groups in total. The molecule has 3 saturated heterocycles. The number of hydrogen-bond donors (Lipinski definition) is 2. The SMILES string of the molecule is Cc1ccc2onc(C(=O)N3CC[C@H]4CC[C@@H](C(=O)N(C)CCC#Cc5cccc6c5CN(C5CCC(=O)NC5=O)C6=O)N4C(=O)[C@@H](NC(=O)OC(C)(C)C)C3)c2c1. The Balaban J connectivity index is 1.03. The molecule has 4 aliphatic rings. The van der Waals surface area contributed by atoms with Gasteiger partial charge in [0.2, 0.25) is 23.6 Å². The highest BCUT2D eigenvalue weighted by atomic mass is 16.6. The highest BCUT2D eigenvalue weighted by Gasteiger charge is 2.47. The molecule has 304 valence electrons. The molecule has 58 heavy (non-hydrogen) atoms. The van der Waals surface area contributed by atoms with E-state index < -0.39 is 47.5 Å². The number of alkyl carbamates (subject to hydrolysis) is 1. The van der Waals surface area contributed by atoms with Crippen LogP contribution < -0.4 is 10.6 Å². The van der Waals surface area contributed by atoms with Gasteiger partial charge in [0.15, 0.2) is 11.3 Å². The molecule has 0 spiro atoms. The number of piperidine rings is 1. The Morgan fingerprint density at radius 3 is 2.62 bits per heavy atom. The first kappa shape index (κ1) is 40.0. The number of rotatable bonds is 6. The number of aryl methyl sites for hydroxylation is 1. The van der Waals surface area contributed by atoms with E-state index in [1.165, 1.54) is 9.80 Å². The monoisotopic (exact) mass is 793 g/mol. The maximum atomic E-state index is 14.4. The molecular weight excluding hydrogens is 747 g/mol. The molecule has 1 unspecified atom stereocenters. The lowest BCUT2D eigenvalue weighted by atomic mass is 10.0. The number of amides is 7. The molecule has 0 saturated carbocycles. The number of hydrogen-bond acceptors (Lipinski definition) is 10. The summed E-state index contributed by atoms with van der Waals surface area (Å²) in [5, 5.41) is 9.61. The molecule has 4 atom stereocenters. The molecule has 7 rings (SSSR count). The van der Waals surface area contributed by atoms with Gasteiger partial charge in [-0.05, 0) is 83.2 Å². The van der Waals surface area contributed by atoms with E-state index in [1.54, 1.807) is 61.9 Å². The van der Waals surface area contributed by atoms with Crippen LogP contribution in [0.15, 0.2) is 40.9 Å². The van der Waals surface area contributed by atoms with Crippen molar-refractivity contribution >= 4 is 52.5 Å². The number of carbonyl (C=O) groups is 7. The summed E-state index contributed by atoms with van der Waals surface area (Å²) in [5.74, 6) is 3.94. The summed E-state index contributed by atoms with van der Waals surface area (Å²) in [6.07, 6.45) is 1.24. The van der Waals surface area contributed by atoms with Crippen molar-refractivity contribution in [1.82, 2.24) is 35.4 Å². The standard InChI is InChI=1S/C42H47N7O9/c1-24-12-16-33-28(21-24)35(45-58-33)40(55)47-20-18-26-13-14-32(49(26)38(53)30(23-47)43-41(56)57-42(2,3)4)39(54)46(5)19-7-6-9-25-10-8-11-27-29(25)22-48(37(27)52)31-15-17-34(50)44-36(31)51/h8,10-12,16,21,26,30-32H,7,13-15,17-20,22-23H2,1-5H3,(H,43,56)(H,44,50,51)/t26-,30+,31?,32+/m1/s1. The van der Waals surface area contributed by atoms with Gasteiger partial charge >= 0.3 is 6.09 Å². The van der Waals surface area contributed by atoms with Crippen molar-refractivity contribution in [1.29, 1.82) is 0 Å². The molecule has 5 heterocycles. The number of fused-ring (bicyclic) bond motifs is 3. The first-order valence-electron chi connectivity index (χ1n) is 19.6. The van der Waals surface area contributed by atoms with Gasteiger partial charge in [0.05, 0.1) is 11.9 Å². The number of nitrogens with zero attached hydrogens (tertiary/aromatic N) is 5. The Kier molecular flexibility index (Phi) is 11.0. The maximum Gasteiger partial charge on any atom is 0.408 e. The summed E-state index contributed by atoms with van der Waals surface area (Å²) in [5.41, 5.74) is 2.45. The number of imide groups is 1. The number of carbonyl (C=O) groups excluding carboxylic acids is 7. The van der Waals surface area contributed by atoms with Crippen molar-refractivity contribution in [3.05, 3.63) is 64.3 Å². The van der Waals surface area contributed by atoms with E-state index in [0.717, 1.165) is 5.56 Å². The van der Waals surface area contributed by atoms with Crippen LogP contribution in [0.2, 0.25) is 0 Å². The lowest BCUT2D eigenvalue weighted by Crippen LogP contribution is -2.61. The van der Waals surface area contributed by atoms with Crippen LogP contribution in [0.3, 0.4) is 0 Å². The summed E-state index contributed by atoms with van der Waals surface area (Å²) >= 11 is 0. The fourth-order valence-electron chi connectivity index (χ4n) is 8.16. The van der Waals surface area contributed by atoms with E-state index in [2.05, 4.69) is 27.6 Å². The van der Waals surface area contributed by atoms with Crippen molar-refractivity contribution in [3.63, 3.8) is 0 Å². The number of likely N-dealkylation sites (N-methyl/N-ethyl adjacent to an activating group) is 1. The lowest BCUT2D eigenvalue weighted by molar-refractivity contribution is -0.146. The van der Waals surface area contributed by atoms with Crippen LogP contribution in [0.1, 0.15) is 96.8 Å². The molecule has 0 radical (unpaired) electrons. The molecule has 16 heteroatoms. The van der Waals surface area contributed by atoms with E-state index in [9.17, 15) is 33.6 Å². The Morgan fingerprint density at radius 2 is 1.86 bits per heavy atom. The second-order valence-electron chi connectivity index (χ2n) is 16.3. The van der Waals surface area contributed by atoms with Crippen LogP contribution in [0.4, 0.5) is 4.79 Å². The van der Waals surface area contributed by atoms with Crippen LogP contribution in [-0.2, 0) is 30.5 Å². The van der Waals surface area contributed by atoms with Gasteiger partial charge in [0, 0.05) is 56.7 Å². The molecule has 3 fully saturated rings.